The molecule has 1 rings (SSSR count). The number of anilines is 1. The third-order valence-corrected chi connectivity index (χ3v) is 3.72. The minimum absolute atomic E-state index is 0. The third-order valence-electron chi connectivity index (χ3n) is 3.39. The third kappa shape index (κ3) is 5.73. The Morgan fingerprint density at radius 1 is 1.33 bits per heavy atom. The molecule has 0 spiro atoms. The van der Waals surface area contributed by atoms with Gasteiger partial charge in [-0.3, -0.25) is 4.79 Å². The summed E-state index contributed by atoms with van der Waals surface area (Å²) < 4.78 is 5.20. The molecule has 0 saturated carbocycles. The van der Waals surface area contributed by atoms with E-state index in [1.165, 1.54) is 7.11 Å². The van der Waals surface area contributed by atoms with Gasteiger partial charge in [0.25, 0.3) is 0 Å². The number of Topliss-reactive ketones (excluding diaryl/α,β-unsaturated/α-hetero) is 1. The van der Waals surface area contributed by atoms with E-state index in [0.717, 1.165) is 26.1 Å². The van der Waals surface area contributed by atoms with E-state index in [-0.39, 0.29) is 18.2 Å². The number of carbonyl (C=O) groups is 1. The molecule has 0 unspecified atom stereocenters. The van der Waals surface area contributed by atoms with Gasteiger partial charge in [-0.1, -0.05) is 25.4 Å². The Morgan fingerprint density at radius 3 is 2.48 bits per heavy atom. The first kappa shape index (κ1) is 20.0. The van der Waals surface area contributed by atoms with Crippen LogP contribution in [0.4, 0.5) is 5.69 Å². The zero-order valence-electron chi connectivity index (χ0n) is 12.8. The second-order valence-electron chi connectivity index (χ2n) is 4.63. The Balaban J connectivity index is 0.00000400. The predicted octanol–water partition coefficient (Wildman–Crippen LogP) is 3.66. The number of halogens is 2. The summed E-state index contributed by atoms with van der Waals surface area (Å²) in [5.74, 6) is 0.524. The fourth-order valence-electron chi connectivity index (χ4n) is 2.09. The monoisotopic (exact) mass is 334 g/mol. The first-order valence-electron chi connectivity index (χ1n) is 6.92. The molecular weight excluding hydrogens is 311 g/mol. The molecule has 1 aromatic rings. The average Bonchev–Trinajstić information content (AvgIpc) is 2.45. The second-order valence-corrected chi connectivity index (χ2v) is 5.03. The highest BCUT2D eigenvalue weighted by molar-refractivity contribution is 6.33. The first-order chi connectivity index (χ1) is 9.53. The maximum Gasteiger partial charge on any atom is 0.166 e. The van der Waals surface area contributed by atoms with Crippen LogP contribution in [0, 0.1) is 0 Å². The van der Waals surface area contributed by atoms with Crippen LogP contribution in [0.5, 0.6) is 5.75 Å². The number of nitrogens with two attached hydrogens (primary N) is 1. The Labute approximate surface area is 138 Å². The molecule has 0 heterocycles. The van der Waals surface area contributed by atoms with Crippen molar-refractivity contribution in [1.29, 1.82) is 0 Å². The molecular formula is C15H24Cl2N2O2. The molecule has 21 heavy (non-hydrogen) atoms. The SMILES string of the molecule is CCN(CC)CCCC(=O)c1cc(Cl)c(N)cc1OC.Cl. The van der Waals surface area contributed by atoms with Gasteiger partial charge < -0.3 is 15.4 Å². The van der Waals surface area contributed by atoms with Gasteiger partial charge in [-0.2, -0.15) is 0 Å². The Hall–Kier alpha value is -0.970. The summed E-state index contributed by atoms with van der Waals surface area (Å²) in [7, 11) is 1.52. The highest BCUT2D eigenvalue weighted by atomic mass is 35.5. The van der Waals surface area contributed by atoms with Gasteiger partial charge in [0.05, 0.1) is 23.4 Å². The minimum atomic E-state index is 0. The molecule has 0 aliphatic rings. The van der Waals surface area contributed by atoms with Crippen molar-refractivity contribution in [3.05, 3.63) is 22.7 Å². The standard InChI is InChI=1S/C15H23ClN2O2.ClH/c1-4-18(5-2)8-6-7-14(19)11-9-12(16)13(17)10-15(11)20-3;/h9-10H,4-8,17H2,1-3H3;1H. The quantitative estimate of drug-likeness (QED) is 0.582. The Kier molecular flexibility index (Phi) is 9.42. The van der Waals surface area contributed by atoms with E-state index in [1.54, 1.807) is 12.1 Å². The van der Waals surface area contributed by atoms with Crippen molar-refractivity contribution in [2.45, 2.75) is 26.7 Å². The number of ether oxygens (including phenoxy) is 1. The molecule has 6 heteroatoms. The zero-order valence-corrected chi connectivity index (χ0v) is 14.4. The van der Waals surface area contributed by atoms with Crippen LogP contribution in [0.25, 0.3) is 0 Å². The molecule has 2 N–H and O–H groups in total. The smallest absolute Gasteiger partial charge is 0.166 e. The number of methoxy groups -OCH3 is 1. The van der Waals surface area contributed by atoms with Crippen LogP contribution >= 0.6 is 24.0 Å². The highest BCUT2D eigenvalue weighted by Crippen LogP contribution is 2.29. The zero-order chi connectivity index (χ0) is 15.1. The number of ketones is 1. The molecule has 0 aliphatic heterocycles. The summed E-state index contributed by atoms with van der Waals surface area (Å²) in [6.45, 7) is 7.16. The number of carbonyl (C=O) groups excluding carboxylic acids is 1. The summed E-state index contributed by atoms with van der Waals surface area (Å²) in [6.07, 6.45) is 1.30. The molecule has 0 aliphatic carbocycles. The number of rotatable bonds is 8. The molecule has 0 fully saturated rings. The molecule has 0 aromatic heterocycles. The fourth-order valence-corrected chi connectivity index (χ4v) is 2.26. The normalized spacial score (nSPS) is 10.3. The van der Waals surface area contributed by atoms with Crippen molar-refractivity contribution in [3.63, 3.8) is 0 Å². The van der Waals surface area contributed by atoms with E-state index in [2.05, 4.69) is 18.7 Å². The molecule has 120 valence electrons. The summed E-state index contributed by atoms with van der Waals surface area (Å²) in [5.41, 5.74) is 6.64. The van der Waals surface area contributed by atoms with Gasteiger partial charge in [0.1, 0.15) is 5.75 Å². The lowest BCUT2D eigenvalue weighted by molar-refractivity contribution is 0.0972. The predicted molar refractivity (Wildman–Crippen MR) is 91.0 cm³/mol. The number of nitrogen functional groups attached to an aromatic ring is 1. The summed E-state index contributed by atoms with van der Waals surface area (Å²) in [5, 5.41) is 0.387. The second kappa shape index (κ2) is 9.87. The number of nitrogens with zero attached hydrogens (tertiary/aromatic N) is 1. The van der Waals surface area contributed by atoms with Gasteiger partial charge in [0.2, 0.25) is 0 Å². The topological polar surface area (TPSA) is 55.6 Å². The van der Waals surface area contributed by atoms with E-state index in [0.29, 0.717) is 28.4 Å². The Morgan fingerprint density at radius 2 is 1.95 bits per heavy atom. The van der Waals surface area contributed by atoms with Crippen molar-refractivity contribution < 1.29 is 9.53 Å². The summed E-state index contributed by atoms with van der Waals surface area (Å²) in [4.78, 5) is 14.5. The van der Waals surface area contributed by atoms with Gasteiger partial charge in [0.15, 0.2) is 5.78 Å². The van der Waals surface area contributed by atoms with Crippen molar-refractivity contribution in [2.75, 3.05) is 32.5 Å². The maximum atomic E-state index is 12.2. The van der Waals surface area contributed by atoms with Crippen LogP contribution in [0.2, 0.25) is 5.02 Å². The fraction of sp³-hybridized carbons (Fsp3) is 0.533. The van der Waals surface area contributed by atoms with Crippen molar-refractivity contribution in [3.8, 4) is 5.75 Å². The maximum absolute atomic E-state index is 12.2. The van der Waals surface area contributed by atoms with Crippen molar-refractivity contribution in [2.24, 2.45) is 0 Å². The van der Waals surface area contributed by atoms with Crippen LogP contribution in [-0.2, 0) is 0 Å². The molecule has 0 bridgehead atoms. The lowest BCUT2D eigenvalue weighted by Gasteiger charge is -2.17. The molecule has 0 saturated heterocycles. The first-order valence-corrected chi connectivity index (χ1v) is 7.29. The van der Waals surface area contributed by atoms with Gasteiger partial charge in [-0.15, -0.1) is 12.4 Å². The van der Waals surface area contributed by atoms with E-state index in [1.807, 2.05) is 0 Å². The van der Waals surface area contributed by atoms with Crippen LogP contribution in [0.3, 0.4) is 0 Å². The highest BCUT2D eigenvalue weighted by Gasteiger charge is 2.15. The molecule has 4 nitrogen and oxygen atoms in total. The van der Waals surface area contributed by atoms with Crippen LogP contribution in [0.15, 0.2) is 12.1 Å². The van der Waals surface area contributed by atoms with Crippen molar-refractivity contribution >= 4 is 35.5 Å². The number of hydrogen-bond donors (Lipinski definition) is 1. The van der Waals surface area contributed by atoms with Gasteiger partial charge in [0, 0.05) is 12.5 Å². The lowest BCUT2D eigenvalue weighted by atomic mass is 10.0. The Bertz CT molecular complexity index is 463. The van der Waals surface area contributed by atoms with Crippen LogP contribution in [0.1, 0.15) is 37.0 Å². The summed E-state index contributed by atoms with van der Waals surface area (Å²) in [6, 6.07) is 3.19. The van der Waals surface area contributed by atoms with Gasteiger partial charge >= 0.3 is 0 Å². The van der Waals surface area contributed by atoms with Gasteiger partial charge in [-0.05, 0) is 32.1 Å². The van der Waals surface area contributed by atoms with E-state index in [9.17, 15) is 4.79 Å². The van der Waals surface area contributed by atoms with E-state index >= 15 is 0 Å². The summed E-state index contributed by atoms with van der Waals surface area (Å²) >= 11 is 5.98. The van der Waals surface area contributed by atoms with Gasteiger partial charge in [-0.25, -0.2) is 0 Å². The largest absolute Gasteiger partial charge is 0.496 e. The lowest BCUT2D eigenvalue weighted by Crippen LogP contribution is -2.24. The van der Waals surface area contributed by atoms with E-state index < -0.39 is 0 Å². The van der Waals surface area contributed by atoms with Crippen LogP contribution in [-0.4, -0.2) is 37.4 Å². The van der Waals surface area contributed by atoms with Crippen molar-refractivity contribution in [1.82, 2.24) is 4.90 Å². The number of hydrogen-bond acceptors (Lipinski definition) is 4. The molecule has 1 aromatic carbocycles. The molecule has 0 radical (unpaired) electrons. The molecule has 0 atom stereocenters. The number of benzene rings is 1. The average molecular weight is 335 g/mol. The van der Waals surface area contributed by atoms with E-state index in [4.69, 9.17) is 22.1 Å². The molecule has 0 amide bonds. The van der Waals surface area contributed by atoms with Crippen LogP contribution < -0.4 is 10.5 Å². The minimum Gasteiger partial charge on any atom is -0.496 e.